The zero-order valence-electron chi connectivity index (χ0n) is 17.3. The summed E-state index contributed by atoms with van der Waals surface area (Å²) in [6.45, 7) is 2.01. The summed E-state index contributed by atoms with van der Waals surface area (Å²) in [5, 5.41) is 16.3. The second-order valence-electron chi connectivity index (χ2n) is 6.80. The number of anilines is 3. The van der Waals surface area contributed by atoms with E-state index in [-0.39, 0.29) is 28.5 Å². The van der Waals surface area contributed by atoms with Crippen LogP contribution in [0.4, 0.5) is 25.8 Å². The number of hydrogen-bond donors (Lipinski definition) is 6. The maximum Gasteiger partial charge on any atom is 0.255 e. The first kappa shape index (κ1) is 25.3. The van der Waals surface area contributed by atoms with Crippen LogP contribution in [0.3, 0.4) is 0 Å². The molecule has 0 radical (unpaired) electrons. The number of nitrogens with one attached hydrogen (secondary N) is 2. The Hall–Kier alpha value is -3.28. The van der Waals surface area contributed by atoms with E-state index in [4.69, 9.17) is 17.3 Å². The van der Waals surface area contributed by atoms with Gasteiger partial charge >= 0.3 is 0 Å². The van der Waals surface area contributed by atoms with Crippen LogP contribution in [-0.4, -0.2) is 30.5 Å². The Labute approximate surface area is 209 Å². The number of allylic oxidation sites excluding steroid dienone is 1. The van der Waals surface area contributed by atoms with E-state index in [1.807, 2.05) is 0 Å². The van der Waals surface area contributed by atoms with Crippen LogP contribution in [0.5, 0.6) is 5.75 Å². The third kappa shape index (κ3) is 5.44. The molecular formula is C22H18ClF2N5O2S2. The molecule has 0 atom stereocenters. The number of halogens is 3. The Morgan fingerprint density at radius 2 is 1.94 bits per heavy atom. The van der Waals surface area contributed by atoms with Gasteiger partial charge in [-0.3, -0.25) is 4.79 Å². The molecule has 1 amide bonds. The molecule has 176 valence electrons. The summed E-state index contributed by atoms with van der Waals surface area (Å²) in [6.07, 6.45) is 0. The summed E-state index contributed by atoms with van der Waals surface area (Å²) in [5.41, 5.74) is 6.77. The summed E-state index contributed by atoms with van der Waals surface area (Å²) < 4.78 is 26.0. The molecule has 3 aromatic rings. The van der Waals surface area contributed by atoms with Crippen molar-refractivity contribution in [3.63, 3.8) is 0 Å². The van der Waals surface area contributed by atoms with Gasteiger partial charge in [0.25, 0.3) is 5.91 Å². The van der Waals surface area contributed by atoms with Gasteiger partial charge in [0.15, 0.2) is 12.6 Å². The standard InChI is InChI=1S/C22H18ClF2N5O2S2/c1-27-21(17(23)20(25)28-9-24)29-12-4-2-3-10(5-12)22(32)30-14-8-13(33)6-11-7-15(34)18(26)19(31)16(11)14/h2-8,29,31,33-34H,1,9,26H2,(H,30,32)/b21-17-,28-20+. The Kier molecular flexibility index (Phi) is 8.02. The third-order valence-corrected chi connectivity index (χ3v) is 5.56. The van der Waals surface area contributed by atoms with E-state index in [0.717, 1.165) is 0 Å². The Morgan fingerprint density at radius 3 is 2.62 bits per heavy atom. The van der Waals surface area contributed by atoms with Crippen LogP contribution in [-0.2, 0) is 0 Å². The average molecular weight is 522 g/mol. The second kappa shape index (κ2) is 10.8. The fourth-order valence-electron chi connectivity index (χ4n) is 3.06. The first-order valence-electron chi connectivity index (χ1n) is 9.44. The van der Waals surface area contributed by atoms with Crippen LogP contribution >= 0.6 is 36.9 Å². The van der Waals surface area contributed by atoms with E-state index < -0.39 is 23.7 Å². The van der Waals surface area contributed by atoms with Crippen LogP contribution in [0, 0.1) is 0 Å². The van der Waals surface area contributed by atoms with E-state index >= 15 is 0 Å². The molecule has 0 aliphatic rings. The number of aliphatic imine (C=N–C) groups is 2. The Bertz CT molecular complexity index is 1360. The normalized spacial score (nSPS) is 12.3. The van der Waals surface area contributed by atoms with Crippen LogP contribution in [0.15, 0.2) is 73.1 Å². The number of rotatable bonds is 7. The van der Waals surface area contributed by atoms with Gasteiger partial charge in [0, 0.05) is 26.4 Å². The molecule has 0 spiro atoms. The zero-order chi connectivity index (χ0) is 25.0. The number of benzene rings is 3. The molecule has 34 heavy (non-hydrogen) atoms. The predicted molar refractivity (Wildman–Crippen MR) is 139 cm³/mol. The molecule has 5 N–H and O–H groups in total. The molecule has 3 aromatic carbocycles. The topological polar surface area (TPSA) is 112 Å². The van der Waals surface area contributed by atoms with Gasteiger partial charge < -0.3 is 21.5 Å². The van der Waals surface area contributed by atoms with Crippen molar-refractivity contribution < 1.29 is 18.7 Å². The largest absolute Gasteiger partial charge is 0.505 e. The van der Waals surface area contributed by atoms with Crippen LogP contribution in [0.2, 0.25) is 0 Å². The minimum absolute atomic E-state index is 0.0705. The number of amides is 1. The summed E-state index contributed by atoms with van der Waals surface area (Å²) in [7, 11) is 0. The van der Waals surface area contributed by atoms with Crippen LogP contribution in [0.25, 0.3) is 10.8 Å². The van der Waals surface area contributed by atoms with Crippen molar-refractivity contribution in [1.29, 1.82) is 0 Å². The van der Waals surface area contributed by atoms with Crippen molar-refractivity contribution in [2.75, 3.05) is 23.2 Å². The van der Waals surface area contributed by atoms with E-state index in [2.05, 4.69) is 52.6 Å². The summed E-state index contributed by atoms with van der Waals surface area (Å²) in [5.74, 6) is -2.22. The molecule has 0 unspecified atom stereocenters. The lowest BCUT2D eigenvalue weighted by Crippen LogP contribution is -2.13. The number of carbonyl (C=O) groups excluding carboxylic acids is 1. The molecule has 0 heterocycles. The first-order valence-corrected chi connectivity index (χ1v) is 10.7. The molecule has 0 bridgehead atoms. The van der Waals surface area contributed by atoms with Gasteiger partial charge in [-0.05, 0) is 48.5 Å². The fraction of sp³-hybridized carbons (Fsp3) is 0.0455. The number of fused-ring (bicyclic) bond motifs is 1. The number of carbonyl (C=O) groups is 1. The highest BCUT2D eigenvalue weighted by Gasteiger charge is 2.16. The van der Waals surface area contributed by atoms with E-state index in [1.165, 1.54) is 12.1 Å². The number of thiol groups is 2. The molecule has 0 aliphatic carbocycles. The first-order chi connectivity index (χ1) is 16.2. The van der Waals surface area contributed by atoms with Gasteiger partial charge in [-0.25, -0.2) is 14.4 Å². The maximum atomic E-state index is 13.7. The number of hydrogen-bond acceptors (Lipinski definition) is 8. The van der Waals surface area contributed by atoms with Crippen molar-refractivity contribution in [3.05, 3.63) is 58.9 Å². The molecule has 0 saturated heterocycles. The minimum Gasteiger partial charge on any atom is -0.505 e. The Morgan fingerprint density at radius 1 is 1.21 bits per heavy atom. The number of phenolic OH excluding ortho intramolecular Hbond substituents is 1. The summed E-state index contributed by atoms with van der Waals surface area (Å²) in [4.78, 5) is 20.4. The van der Waals surface area contributed by atoms with Gasteiger partial charge in [-0.2, -0.15) is 4.39 Å². The fourth-order valence-corrected chi connectivity index (χ4v) is 3.74. The van der Waals surface area contributed by atoms with Crippen molar-refractivity contribution in [2.45, 2.75) is 9.79 Å². The van der Waals surface area contributed by atoms with Crippen molar-refractivity contribution in [2.24, 2.45) is 9.98 Å². The molecule has 7 nitrogen and oxygen atoms in total. The highest BCUT2D eigenvalue weighted by Crippen LogP contribution is 2.41. The summed E-state index contributed by atoms with van der Waals surface area (Å²) in [6, 6.07) is 11.0. The molecule has 0 saturated carbocycles. The lowest BCUT2D eigenvalue weighted by molar-refractivity contribution is 0.102. The lowest BCUT2D eigenvalue weighted by atomic mass is 10.1. The van der Waals surface area contributed by atoms with E-state index in [9.17, 15) is 18.7 Å². The number of nitrogens with zero attached hydrogens (tertiary/aromatic N) is 2. The van der Waals surface area contributed by atoms with Crippen molar-refractivity contribution in [1.82, 2.24) is 0 Å². The molecule has 3 rings (SSSR count). The number of nitrogen functional groups attached to an aromatic ring is 1. The highest BCUT2D eigenvalue weighted by molar-refractivity contribution is 7.80. The highest BCUT2D eigenvalue weighted by atomic mass is 35.5. The molecular weight excluding hydrogens is 504 g/mol. The predicted octanol–water partition coefficient (Wildman–Crippen LogP) is 5.77. The smallest absolute Gasteiger partial charge is 0.255 e. The van der Waals surface area contributed by atoms with Gasteiger partial charge in [0.05, 0.1) is 11.4 Å². The van der Waals surface area contributed by atoms with E-state index in [0.29, 0.717) is 26.3 Å². The van der Waals surface area contributed by atoms with Gasteiger partial charge in [0.2, 0.25) is 5.97 Å². The van der Waals surface area contributed by atoms with Crippen molar-refractivity contribution in [3.8, 4) is 5.75 Å². The molecule has 0 aliphatic heterocycles. The number of aromatic hydroxyl groups is 1. The monoisotopic (exact) mass is 521 g/mol. The van der Waals surface area contributed by atoms with E-state index in [1.54, 1.807) is 30.3 Å². The molecule has 0 fully saturated rings. The second-order valence-corrected chi connectivity index (χ2v) is 8.17. The SMILES string of the molecule is C=N/C(Nc1cccc(C(=O)Nc2cc(S)cc3cc(S)c(N)c(O)c23)c1)=C(Cl)\C(F)=N/CF. The van der Waals surface area contributed by atoms with Gasteiger partial charge in [0.1, 0.15) is 10.8 Å². The van der Waals surface area contributed by atoms with Gasteiger partial charge in [-0.15, -0.1) is 25.3 Å². The molecule has 0 aromatic heterocycles. The van der Waals surface area contributed by atoms with Crippen LogP contribution in [0.1, 0.15) is 10.4 Å². The van der Waals surface area contributed by atoms with Crippen LogP contribution < -0.4 is 16.4 Å². The maximum absolute atomic E-state index is 13.7. The molecule has 12 heteroatoms. The average Bonchev–Trinajstić information content (AvgIpc) is 2.80. The number of phenols is 1. The zero-order valence-corrected chi connectivity index (χ0v) is 19.9. The number of nitrogens with two attached hydrogens (primary N) is 1. The summed E-state index contributed by atoms with van der Waals surface area (Å²) >= 11 is 14.4. The number of alkyl halides is 1. The van der Waals surface area contributed by atoms with Gasteiger partial charge in [-0.1, -0.05) is 17.7 Å². The van der Waals surface area contributed by atoms with Crippen molar-refractivity contribution >= 4 is 83.3 Å². The Balaban J connectivity index is 1.95. The minimum atomic E-state index is -1.29. The lowest BCUT2D eigenvalue weighted by Gasteiger charge is -2.14. The quantitative estimate of drug-likeness (QED) is 0.0778. The third-order valence-electron chi connectivity index (χ3n) is 4.60.